The first-order chi connectivity index (χ1) is 9.83. The van der Waals surface area contributed by atoms with E-state index in [2.05, 4.69) is 18.5 Å². The molecule has 1 heterocycles. The van der Waals surface area contributed by atoms with E-state index in [-0.39, 0.29) is 12.1 Å². The minimum Gasteiger partial charge on any atom is -0.444 e. The molecule has 4 nitrogen and oxygen atoms in total. The number of nitrogens with zero attached hydrogens (tertiary/aromatic N) is 1. The first-order valence-corrected chi connectivity index (χ1v) is 9.45. The van der Waals surface area contributed by atoms with Crippen LogP contribution in [0.4, 0.5) is 4.79 Å². The summed E-state index contributed by atoms with van der Waals surface area (Å²) in [6, 6.07) is 0.783. The summed E-state index contributed by atoms with van der Waals surface area (Å²) in [4.78, 5) is 14.0. The van der Waals surface area contributed by atoms with Crippen LogP contribution in [0.25, 0.3) is 0 Å². The average Bonchev–Trinajstić information content (AvgIpc) is 2.36. The highest BCUT2D eigenvalue weighted by Crippen LogP contribution is 2.20. The molecule has 0 aromatic heterocycles. The number of nitrogens with one attached hydrogen (secondary N) is 1. The largest absolute Gasteiger partial charge is 0.444 e. The fourth-order valence-corrected chi connectivity index (χ4v) is 3.12. The molecule has 1 N–H and O–H groups in total. The van der Waals surface area contributed by atoms with Crippen LogP contribution in [-0.4, -0.2) is 53.8 Å². The number of ether oxygens (including phenoxy) is 1. The van der Waals surface area contributed by atoms with Crippen LogP contribution >= 0.6 is 11.8 Å². The van der Waals surface area contributed by atoms with E-state index in [9.17, 15) is 4.79 Å². The quantitative estimate of drug-likeness (QED) is 0.762. The van der Waals surface area contributed by atoms with Crippen LogP contribution in [0.3, 0.4) is 0 Å². The lowest BCUT2D eigenvalue weighted by molar-refractivity contribution is 0.00940. The molecule has 1 aliphatic heterocycles. The van der Waals surface area contributed by atoms with Crippen molar-refractivity contribution in [1.82, 2.24) is 10.2 Å². The molecule has 21 heavy (non-hydrogen) atoms. The zero-order valence-corrected chi connectivity index (χ0v) is 15.1. The lowest BCUT2D eigenvalue weighted by atomic mass is 9.98. The molecule has 2 atom stereocenters. The van der Waals surface area contributed by atoms with Crippen LogP contribution in [0.15, 0.2) is 0 Å². The molecule has 0 aliphatic carbocycles. The predicted molar refractivity (Wildman–Crippen MR) is 91.0 cm³/mol. The Bertz CT molecular complexity index is 318. The number of hydrogen-bond donors (Lipinski definition) is 1. The van der Waals surface area contributed by atoms with Gasteiger partial charge in [0.15, 0.2) is 0 Å². The van der Waals surface area contributed by atoms with Crippen molar-refractivity contribution >= 4 is 17.9 Å². The SMILES string of the molecule is CSCCCCNC1CCN(C(=O)OC(C)(C)C)C(C)C1. The minimum atomic E-state index is -0.414. The predicted octanol–water partition coefficient (Wildman–Crippen LogP) is 3.51. The van der Waals surface area contributed by atoms with Crippen LogP contribution in [0.2, 0.25) is 0 Å². The van der Waals surface area contributed by atoms with Crippen LogP contribution in [0.1, 0.15) is 53.4 Å². The molecule has 5 heteroatoms. The van der Waals surface area contributed by atoms with Gasteiger partial charge in [-0.1, -0.05) is 0 Å². The summed E-state index contributed by atoms with van der Waals surface area (Å²) in [5.74, 6) is 1.25. The zero-order valence-electron chi connectivity index (χ0n) is 14.3. The summed E-state index contributed by atoms with van der Waals surface area (Å²) in [6.07, 6.45) is 6.53. The molecule has 0 saturated carbocycles. The van der Waals surface area contributed by atoms with Gasteiger partial charge >= 0.3 is 6.09 Å². The molecule has 1 amide bonds. The van der Waals surface area contributed by atoms with Crippen molar-refractivity contribution in [1.29, 1.82) is 0 Å². The number of piperidine rings is 1. The van der Waals surface area contributed by atoms with Crippen LogP contribution in [0, 0.1) is 0 Å². The fraction of sp³-hybridized carbons (Fsp3) is 0.938. The normalized spacial score (nSPS) is 23.2. The molecular weight excluding hydrogens is 284 g/mol. The van der Waals surface area contributed by atoms with Gasteiger partial charge in [-0.25, -0.2) is 4.79 Å². The molecule has 1 aliphatic rings. The van der Waals surface area contributed by atoms with E-state index in [0.29, 0.717) is 6.04 Å². The van der Waals surface area contributed by atoms with Crippen LogP contribution in [0.5, 0.6) is 0 Å². The molecule has 1 fully saturated rings. The maximum absolute atomic E-state index is 12.1. The van der Waals surface area contributed by atoms with Gasteiger partial charge < -0.3 is 15.0 Å². The molecule has 0 aromatic rings. The van der Waals surface area contributed by atoms with E-state index < -0.39 is 5.60 Å². The number of rotatable bonds is 6. The second-order valence-electron chi connectivity index (χ2n) is 6.90. The van der Waals surface area contributed by atoms with Crippen LogP contribution in [-0.2, 0) is 4.74 Å². The average molecular weight is 317 g/mol. The van der Waals surface area contributed by atoms with Crippen molar-refractivity contribution in [2.24, 2.45) is 0 Å². The number of carbonyl (C=O) groups is 1. The smallest absolute Gasteiger partial charge is 0.410 e. The lowest BCUT2D eigenvalue weighted by Crippen LogP contribution is -2.51. The Labute approximate surface area is 134 Å². The Morgan fingerprint density at radius 2 is 2.10 bits per heavy atom. The van der Waals surface area contributed by atoms with E-state index >= 15 is 0 Å². The summed E-state index contributed by atoms with van der Waals surface area (Å²) in [6.45, 7) is 9.74. The Hall–Kier alpha value is -0.420. The second-order valence-corrected chi connectivity index (χ2v) is 7.88. The summed E-state index contributed by atoms with van der Waals surface area (Å²) < 4.78 is 5.47. The molecule has 1 saturated heterocycles. The molecule has 124 valence electrons. The Morgan fingerprint density at radius 3 is 2.67 bits per heavy atom. The van der Waals surface area contributed by atoms with Gasteiger partial charge in [-0.15, -0.1) is 0 Å². The third-order valence-corrected chi connectivity index (χ3v) is 4.41. The number of hydrogen-bond acceptors (Lipinski definition) is 4. The summed E-state index contributed by atoms with van der Waals surface area (Å²) in [7, 11) is 0. The van der Waals surface area contributed by atoms with Gasteiger partial charge in [-0.2, -0.15) is 11.8 Å². The van der Waals surface area contributed by atoms with Gasteiger partial charge in [0.1, 0.15) is 5.60 Å². The van der Waals surface area contributed by atoms with Crippen molar-refractivity contribution < 1.29 is 9.53 Å². The summed E-state index contributed by atoms with van der Waals surface area (Å²) in [5, 5.41) is 3.63. The third-order valence-electron chi connectivity index (χ3n) is 3.71. The van der Waals surface area contributed by atoms with Crippen molar-refractivity contribution in [3.63, 3.8) is 0 Å². The van der Waals surface area contributed by atoms with Gasteiger partial charge in [-0.3, -0.25) is 0 Å². The van der Waals surface area contributed by atoms with Gasteiger partial charge in [-0.05, 0) is 71.9 Å². The maximum Gasteiger partial charge on any atom is 0.410 e. The Balaban J connectivity index is 2.28. The number of likely N-dealkylation sites (tertiary alicyclic amines) is 1. The fourth-order valence-electron chi connectivity index (χ4n) is 2.63. The van der Waals surface area contributed by atoms with Gasteiger partial charge in [0.2, 0.25) is 0 Å². The van der Waals surface area contributed by atoms with E-state index in [1.54, 1.807) is 0 Å². The van der Waals surface area contributed by atoms with Gasteiger partial charge in [0.25, 0.3) is 0 Å². The van der Waals surface area contributed by atoms with Crippen molar-refractivity contribution in [2.75, 3.05) is 25.1 Å². The highest BCUT2D eigenvalue weighted by Gasteiger charge is 2.31. The molecule has 0 radical (unpaired) electrons. The standard InChI is InChI=1S/C16H32N2O2S/c1-13-12-14(17-9-6-7-11-21-5)8-10-18(13)15(19)20-16(2,3)4/h13-14,17H,6-12H2,1-5H3. The first-order valence-electron chi connectivity index (χ1n) is 8.05. The molecule has 1 rings (SSSR count). The molecule has 2 unspecified atom stereocenters. The number of unbranched alkanes of at least 4 members (excludes halogenated alkanes) is 1. The second kappa shape index (κ2) is 8.89. The van der Waals surface area contributed by atoms with E-state index in [1.807, 2.05) is 37.4 Å². The Kier molecular flexibility index (Phi) is 7.88. The minimum absolute atomic E-state index is 0.173. The van der Waals surface area contributed by atoms with Gasteiger partial charge in [0, 0.05) is 18.6 Å². The number of carbonyl (C=O) groups excluding carboxylic acids is 1. The summed E-state index contributed by atoms with van der Waals surface area (Å²) in [5.41, 5.74) is -0.414. The zero-order chi connectivity index (χ0) is 15.9. The monoisotopic (exact) mass is 316 g/mol. The molecule has 0 aromatic carbocycles. The van der Waals surface area contributed by atoms with Crippen LogP contribution < -0.4 is 5.32 Å². The van der Waals surface area contributed by atoms with Gasteiger partial charge in [0.05, 0.1) is 0 Å². The van der Waals surface area contributed by atoms with Crippen molar-refractivity contribution in [3.8, 4) is 0 Å². The first kappa shape index (κ1) is 18.6. The summed E-state index contributed by atoms with van der Waals surface area (Å²) >= 11 is 1.91. The molecular formula is C16H32N2O2S. The Morgan fingerprint density at radius 1 is 1.38 bits per heavy atom. The molecule has 0 spiro atoms. The number of thioether (sulfide) groups is 1. The molecule has 0 bridgehead atoms. The highest BCUT2D eigenvalue weighted by atomic mass is 32.2. The van der Waals surface area contributed by atoms with E-state index in [4.69, 9.17) is 4.74 Å². The maximum atomic E-state index is 12.1. The van der Waals surface area contributed by atoms with Crippen molar-refractivity contribution in [2.45, 2.75) is 71.1 Å². The van der Waals surface area contributed by atoms with E-state index in [0.717, 1.165) is 25.9 Å². The lowest BCUT2D eigenvalue weighted by Gasteiger charge is -2.38. The number of amides is 1. The van der Waals surface area contributed by atoms with E-state index in [1.165, 1.54) is 18.6 Å². The third kappa shape index (κ3) is 7.41. The highest BCUT2D eigenvalue weighted by molar-refractivity contribution is 7.98. The topological polar surface area (TPSA) is 41.6 Å². The van der Waals surface area contributed by atoms with Crippen molar-refractivity contribution in [3.05, 3.63) is 0 Å².